The first-order chi connectivity index (χ1) is 15.4. The second-order valence-corrected chi connectivity index (χ2v) is 8.88. The lowest BCUT2D eigenvalue weighted by Gasteiger charge is -2.25. The van der Waals surface area contributed by atoms with Crippen molar-refractivity contribution in [1.29, 1.82) is 0 Å². The Morgan fingerprint density at radius 2 is 1.29 bits per heavy atom. The van der Waals surface area contributed by atoms with Crippen LogP contribution in [0.4, 0.5) is 0 Å². The molecule has 5 aromatic rings. The van der Waals surface area contributed by atoms with Gasteiger partial charge in [0.1, 0.15) is 0 Å². The molecule has 1 saturated carbocycles. The Kier molecular flexibility index (Phi) is 4.61. The maximum atomic E-state index is 2.57. The molecule has 152 valence electrons. The third-order valence-corrected chi connectivity index (χ3v) is 6.95. The number of benzene rings is 4. The first kappa shape index (κ1) is 18.4. The minimum atomic E-state index is 0.639. The molecule has 1 nitrogen and oxygen atoms in total. The first-order valence-electron chi connectivity index (χ1n) is 11.6. The lowest BCUT2D eigenvalue weighted by Crippen LogP contribution is -2.10. The van der Waals surface area contributed by atoms with Crippen LogP contribution in [0.5, 0.6) is 0 Å². The van der Waals surface area contributed by atoms with Gasteiger partial charge >= 0.3 is 0 Å². The van der Waals surface area contributed by atoms with Crippen LogP contribution in [0.3, 0.4) is 0 Å². The van der Waals surface area contributed by atoms with Crippen molar-refractivity contribution in [2.24, 2.45) is 0 Å². The van der Waals surface area contributed by atoms with Gasteiger partial charge in [0.05, 0.1) is 11.2 Å². The third kappa shape index (κ3) is 3.25. The molecule has 6 rings (SSSR count). The zero-order chi connectivity index (χ0) is 20.6. The van der Waals surface area contributed by atoms with E-state index in [2.05, 4.69) is 102 Å². The van der Waals surface area contributed by atoms with Gasteiger partial charge in [0.25, 0.3) is 0 Å². The molecular weight excluding hydrogens is 374 g/mol. The standard InChI is InChI=1S/C30H27N/c1-3-11-22(12-4-1)26-19-24-15-7-9-17-27(24)30(21-26)31-28-18-10-8-16-25(28)20-29(31)23-13-5-2-6-14-23/h1,3-4,7-12,15-21,23H,2,5-6,13-14H2. The van der Waals surface area contributed by atoms with Crippen LogP contribution in [0.25, 0.3) is 38.5 Å². The topological polar surface area (TPSA) is 4.93 Å². The molecule has 0 aliphatic heterocycles. The lowest BCUT2D eigenvalue weighted by atomic mass is 9.86. The second kappa shape index (κ2) is 7.74. The highest BCUT2D eigenvalue weighted by Gasteiger charge is 2.22. The maximum Gasteiger partial charge on any atom is 0.0543 e. The van der Waals surface area contributed by atoms with Crippen LogP contribution in [-0.4, -0.2) is 4.57 Å². The van der Waals surface area contributed by atoms with Gasteiger partial charge in [0.15, 0.2) is 0 Å². The van der Waals surface area contributed by atoms with Gasteiger partial charge in [-0.05, 0) is 59.5 Å². The van der Waals surface area contributed by atoms with E-state index in [1.165, 1.54) is 76.3 Å². The Morgan fingerprint density at radius 3 is 2.13 bits per heavy atom. The summed E-state index contributed by atoms with van der Waals surface area (Å²) in [5.74, 6) is 0.639. The molecule has 0 bridgehead atoms. The molecule has 1 heteroatoms. The van der Waals surface area contributed by atoms with Gasteiger partial charge in [0.2, 0.25) is 0 Å². The fourth-order valence-corrected chi connectivity index (χ4v) is 5.42. The minimum absolute atomic E-state index is 0.639. The molecule has 1 aliphatic rings. The van der Waals surface area contributed by atoms with Crippen LogP contribution in [-0.2, 0) is 0 Å². The molecule has 0 atom stereocenters. The van der Waals surface area contributed by atoms with Gasteiger partial charge in [-0.1, -0.05) is 92.1 Å². The number of aromatic nitrogens is 1. The van der Waals surface area contributed by atoms with Gasteiger partial charge in [-0.3, -0.25) is 0 Å². The largest absolute Gasteiger partial charge is 0.313 e. The molecule has 1 heterocycles. The number of rotatable bonds is 3. The van der Waals surface area contributed by atoms with E-state index in [4.69, 9.17) is 0 Å². The molecule has 1 aliphatic carbocycles. The molecule has 0 spiro atoms. The number of para-hydroxylation sites is 1. The summed E-state index contributed by atoms with van der Waals surface area (Å²) in [5.41, 5.74) is 6.65. The van der Waals surface area contributed by atoms with Crippen molar-refractivity contribution in [1.82, 2.24) is 4.57 Å². The fraction of sp³-hybridized carbons (Fsp3) is 0.200. The van der Waals surface area contributed by atoms with E-state index in [0.717, 1.165) is 0 Å². The van der Waals surface area contributed by atoms with E-state index in [1.54, 1.807) is 0 Å². The number of nitrogens with zero attached hydrogens (tertiary/aromatic N) is 1. The normalized spacial score (nSPS) is 15.0. The van der Waals surface area contributed by atoms with Gasteiger partial charge in [-0.15, -0.1) is 0 Å². The summed E-state index contributed by atoms with van der Waals surface area (Å²) < 4.78 is 2.57. The Balaban J connectivity index is 1.67. The molecule has 0 unspecified atom stereocenters. The van der Waals surface area contributed by atoms with Crippen molar-refractivity contribution in [3.8, 4) is 16.8 Å². The van der Waals surface area contributed by atoms with Crippen LogP contribution < -0.4 is 0 Å². The molecular formula is C30H27N. The summed E-state index contributed by atoms with van der Waals surface area (Å²) in [7, 11) is 0. The Bertz CT molecular complexity index is 1350. The average Bonchev–Trinajstić information content (AvgIpc) is 3.24. The number of fused-ring (bicyclic) bond motifs is 2. The Labute approximate surface area is 184 Å². The van der Waals surface area contributed by atoms with Crippen molar-refractivity contribution in [3.63, 3.8) is 0 Å². The van der Waals surface area contributed by atoms with Gasteiger partial charge in [0, 0.05) is 16.5 Å². The van der Waals surface area contributed by atoms with Crippen molar-refractivity contribution < 1.29 is 0 Å². The zero-order valence-electron chi connectivity index (χ0n) is 17.8. The van der Waals surface area contributed by atoms with Crippen molar-refractivity contribution >= 4 is 21.7 Å². The molecule has 0 N–H and O–H groups in total. The smallest absolute Gasteiger partial charge is 0.0543 e. The maximum absolute atomic E-state index is 2.57. The first-order valence-corrected chi connectivity index (χ1v) is 11.6. The van der Waals surface area contributed by atoms with E-state index in [-0.39, 0.29) is 0 Å². The Morgan fingerprint density at radius 1 is 0.581 bits per heavy atom. The molecule has 4 aromatic carbocycles. The molecule has 0 amide bonds. The molecule has 1 fully saturated rings. The van der Waals surface area contributed by atoms with Crippen LogP contribution >= 0.6 is 0 Å². The van der Waals surface area contributed by atoms with Crippen molar-refractivity contribution in [2.45, 2.75) is 38.0 Å². The third-order valence-electron chi connectivity index (χ3n) is 6.95. The number of hydrogen-bond donors (Lipinski definition) is 0. The van der Waals surface area contributed by atoms with E-state index in [9.17, 15) is 0 Å². The van der Waals surface area contributed by atoms with E-state index in [0.29, 0.717) is 5.92 Å². The van der Waals surface area contributed by atoms with Crippen molar-refractivity contribution in [3.05, 3.63) is 103 Å². The summed E-state index contributed by atoms with van der Waals surface area (Å²) in [6.07, 6.45) is 6.66. The highest BCUT2D eigenvalue weighted by molar-refractivity contribution is 5.97. The average molecular weight is 402 g/mol. The quantitative estimate of drug-likeness (QED) is 0.285. The monoisotopic (exact) mass is 401 g/mol. The van der Waals surface area contributed by atoms with Crippen molar-refractivity contribution in [2.75, 3.05) is 0 Å². The molecule has 0 radical (unpaired) electrons. The van der Waals surface area contributed by atoms with Crippen LogP contribution in [0, 0.1) is 0 Å². The molecule has 0 saturated heterocycles. The van der Waals surface area contributed by atoms with E-state index in [1.807, 2.05) is 0 Å². The minimum Gasteiger partial charge on any atom is -0.313 e. The highest BCUT2D eigenvalue weighted by Crippen LogP contribution is 2.40. The number of hydrogen-bond acceptors (Lipinski definition) is 0. The fourth-order valence-electron chi connectivity index (χ4n) is 5.42. The summed E-state index contributed by atoms with van der Waals surface area (Å²) in [4.78, 5) is 0. The zero-order valence-corrected chi connectivity index (χ0v) is 17.8. The van der Waals surface area contributed by atoms with E-state index >= 15 is 0 Å². The van der Waals surface area contributed by atoms with Gasteiger partial charge < -0.3 is 4.57 Å². The van der Waals surface area contributed by atoms with Gasteiger partial charge in [-0.2, -0.15) is 0 Å². The lowest BCUT2D eigenvalue weighted by molar-refractivity contribution is 0.434. The Hall–Kier alpha value is -3.32. The molecule has 1 aromatic heterocycles. The predicted octanol–water partition coefficient (Wildman–Crippen LogP) is 8.50. The SMILES string of the molecule is c1ccc(-c2cc(-n3c(C4CCCCC4)cc4ccccc43)c3ccccc3c2)cc1. The van der Waals surface area contributed by atoms with Crippen LogP contribution in [0.15, 0.2) is 97.1 Å². The van der Waals surface area contributed by atoms with Crippen LogP contribution in [0.2, 0.25) is 0 Å². The summed E-state index contributed by atoms with van der Waals surface area (Å²) >= 11 is 0. The summed E-state index contributed by atoms with van der Waals surface area (Å²) in [6.45, 7) is 0. The second-order valence-electron chi connectivity index (χ2n) is 8.88. The molecule has 31 heavy (non-hydrogen) atoms. The van der Waals surface area contributed by atoms with Gasteiger partial charge in [-0.25, -0.2) is 0 Å². The van der Waals surface area contributed by atoms with E-state index < -0.39 is 0 Å². The predicted molar refractivity (Wildman–Crippen MR) is 132 cm³/mol. The van der Waals surface area contributed by atoms with Crippen LogP contribution in [0.1, 0.15) is 43.7 Å². The summed E-state index contributed by atoms with van der Waals surface area (Å²) in [6, 6.07) is 35.7. The highest BCUT2D eigenvalue weighted by atomic mass is 15.0. The summed E-state index contributed by atoms with van der Waals surface area (Å²) in [5, 5.41) is 3.96.